The molecule has 2 aromatic rings. The van der Waals surface area contributed by atoms with E-state index in [0.717, 1.165) is 17.1 Å². The average Bonchev–Trinajstić information content (AvgIpc) is 3.00. The third kappa shape index (κ3) is 1.92. The molecule has 0 aromatic carbocycles. The van der Waals surface area contributed by atoms with Gasteiger partial charge in [0.15, 0.2) is 5.82 Å². The fourth-order valence-electron chi connectivity index (χ4n) is 1.76. The molecule has 1 aliphatic heterocycles. The predicted molar refractivity (Wildman–Crippen MR) is 58.9 cm³/mol. The van der Waals surface area contributed by atoms with E-state index in [1.807, 2.05) is 19.2 Å². The summed E-state index contributed by atoms with van der Waals surface area (Å²) < 4.78 is 12.5. The molecule has 0 N–H and O–H groups in total. The van der Waals surface area contributed by atoms with Crippen molar-refractivity contribution in [3.63, 3.8) is 0 Å². The Labute approximate surface area is 98.2 Å². The Morgan fingerprint density at radius 1 is 1.24 bits per heavy atom. The summed E-state index contributed by atoms with van der Waals surface area (Å²) in [6.45, 7) is 1.24. The van der Waals surface area contributed by atoms with Crippen LogP contribution in [-0.4, -0.2) is 33.0 Å². The molecule has 1 fully saturated rings. The Kier molecular flexibility index (Phi) is 2.58. The van der Waals surface area contributed by atoms with Crippen LogP contribution in [0.2, 0.25) is 0 Å². The van der Waals surface area contributed by atoms with Crippen LogP contribution in [0.25, 0.3) is 11.4 Å². The quantitative estimate of drug-likeness (QED) is 0.770. The maximum atomic E-state index is 5.38. The molecule has 1 saturated heterocycles. The molecule has 0 atom stereocenters. The number of hydrogen-bond donors (Lipinski definition) is 0. The zero-order valence-corrected chi connectivity index (χ0v) is 9.41. The molecule has 0 radical (unpaired) electrons. The minimum absolute atomic E-state index is 0.330. The van der Waals surface area contributed by atoms with Gasteiger partial charge in [-0.2, -0.15) is 5.10 Å². The van der Waals surface area contributed by atoms with Crippen molar-refractivity contribution in [1.29, 1.82) is 0 Å². The highest BCUT2D eigenvalue weighted by Gasteiger charge is 2.19. The lowest BCUT2D eigenvalue weighted by Gasteiger charge is -2.08. The molecule has 2 aromatic heterocycles. The third-order valence-corrected chi connectivity index (χ3v) is 2.62. The van der Waals surface area contributed by atoms with E-state index in [1.54, 1.807) is 10.9 Å². The topological polar surface area (TPSA) is 62.1 Å². The van der Waals surface area contributed by atoms with Gasteiger partial charge in [-0.1, -0.05) is 0 Å². The Morgan fingerprint density at radius 2 is 2.06 bits per heavy atom. The van der Waals surface area contributed by atoms with Gasteiger partial charge in [0.2, 0.25) is 6.29 Å². The lowest BCUT2D eigenvalue weighted by atomic mass is 10.2. The van der Waals surface area contributed by atoms with E-state index in [9.17, 15) is 0 Å². The van der Waals surface area contributed by atoms with E-state index >= 15 is 0 Å². The van der Waals surface area contributed by atoms with Crippen LogP contribution in [0.5, 0.6) is 0 Å². The number of ether oxygens (including phenoxy) is 2. The molecule has 3 heterocycles. The number of aromatic nitrogens is 4. The molecule has 3 rings (SSSR count). The van der Waals surface area contributed by atoms with Gasteiger partial charge in [0.1, 0.15) is 6.33 Å². The molecule has 6 heteroatoms. The van der Waals surface area contributed by atoms with E-state index in [4.69, 9.17) is 9.47 Å². The van der Waals surface area contributed by atoms with Crippen LogP contribution in [0.4, 0.5) is 0 Å². The zero-order valence-electron chi connectivity index (χ0n) is 9.41. The Balaban J connectivity index is 1.87. The lowest BCUT2D eigenvalue weighted by Crippen LogP contribution is -2.01. The molecule has 0 spiro atoms. The van der Waals surface area contributed by atoms with Crippen molar-refractivity contribution in [3.05, 3.63) is 30.4 Å². The zero-order chi connectivity index (χ0) is 11.7. The van der Waals surface area contributed by atoms with Crippen molar-refractivity contribution < 1.29 is 9.47 Å². The average molecular weight is 232 g/mol. The van der Waals surface area contributed by atoms with Gasteiger partial charge >= 0.3 is 0 Å². The summed E-state index contributed by atoms with van der Waals surface area (Å²) >= 11 is 0. The second-order valence-electron chi connectivity index (χ2n) is 3.75. The number of hydrogen-bond acceptors (Lipinski definition) is 5. The molecule has 0 amide bonds. The first-order valence-electron chi connectivity index (χ1n) is 5.38. The van der Waals surface area contributed by atoms with Crippen LogP contribution >= 0.6 is 0 Å². The summed E-state index contributed by atoms with van der Waals surface area (Å²) in [4.78, 5) is 8.49. The fourth-order valence-corrected chi connectivity index (χ4v) is 1.76. The summed E-state index contributed by atoms with van der Waals surface area (Å²) in [5.41, 5.74) is 1.71. The van der Waals surface area contributed by atoms with Gasteiger partial charge in [-0.05, 0) is 12.1 Å². The Hall–Kier alpha value is -1.79. The standard InChI is InChI=1S/C11H12N4O2/c1-15-10(13-7-14-15)8-2-3-9(12-6-8)11-16-4-5-17-11/h2-3,6-7,11H,4-5H2,1H3. The summed E-state index contributed by atoms with van der Waals surface area (Å²) in [7, 11) is 1.85. The van der Waals surface area contributed by atoms with Crippen molar-refractivity contribution in [1.82, 2.24) is 19.7 Å². The summed E-state index contributed by atoms with van der Waals surface area (Å²) in [5.74, 6) is 0.789. The molecular weight excluding hydrogens is 220 g/mol. The van der Waals surface area contributed by atoms with E-state index < -0.39 is 0 Å². The second kappa shape index (κ2) is 4.23. The van der Waals surface area contributed by atoms with Gasteiger partial charge in [-0.15, -0.1) is 0 Å². The largest absolute Gasteiger partial charge is 0.345 e. The van der Waals surface area contributed by atoms with Crippen LogP contribution in [0.1, 0.15) is 12.0 Å². The minimum atomic E-state index is -0.330. The molecule has 0 unspecified atom stereocenters. The molecule has 1 aliphatic rings. The number of pyridine rings is 1. The summed E-state index contributed by atoms with van der Waals surface area (Å²) in [6, 6.07) is 3.83. The Bertz CT molecular complexity index is 502. The first-order valence-corrected chi connectivity index (χ1v) is 5.38. The molecule has 88 valence electrons. The molecule has 0 bridgehead atoms. The molecule has 6 nitrogen and oxygen atoms in total. The van der Waals surface area contributed by atoms with Crippen molar-refractivity contribution in [2.45, 2.75) is 6.29 Å². The highest BCUT2D eigenvalue weighted by atomic mass is 16.7. The van der Waals surface area contributed by atoms with Crippen molar-refractivity contribution >= 4 is 0 Å². The maximum absolute atomic E-state index is 5.38. The Morgan fingerprint density at radius 3 is 2.65 bits per heavy atom. The van der Waals surface area contributed by atoms with Crippen LogP contribution in [-0.2, 0) is 16.5 Å². The maximum Gasteiger partial charge on any atom is 0.201 e. The number of nitrogens with zero attached hydrogens (tertiary/aromatic N) is 4. The lowest BCUT2D eigenvalue weighted by molar-refractivity contribution is -0.0472. The first kappa shape index (κ1) is 10.4. The van der Waals surface area contributed by atoms with Crippen LogP contribution < -0.4 is 0 Å². The van der Waals surface area contributed by atoms with E-state index in [0.29, 0.717) is 13.2 Å². The smallest absolute Gasteiger partial charge is 0.201 e. The van der Waals surface area contributed by atoms with Gasteiger partial charge in [-0.3, -0.25) is 4.98 Å². The number of aryl methyl sites for hydroxylation is 1. The highest BCUT2D eigenvalue weighted by Crippen LogP contribution is 2.23. The fraction of sp³-hybridized carbons (Fsp3) is 0.364. The first-order chi connectivity index (χ1) is 8.34. The molecular formula is C11H12N4O2. The van der Waals surface area contributed by atoms with E-state index in [-0.39, 0.29) is 6.29 Å². The third-order valence-electron chi connectivity index (χ3n) is 2.62. The summed E-state index contributed by atoms with van der Waals surface area (Å²) in [6.07, 6.45) is 2.94. The van der Waals surface area contributed by atoms with E-state index in [1.165, 1.54) is 6.33 Å². The number of rotatable bonds is 2. The van der Waals surface area contributed by atoms with Crippen molar-refractivity contribution in [3.8, 4) is 11.4 Å². The SMILES string of the molecule is Cn1ncnc1-c1ccc(C2OCCO2)nc1. The monoisotopic (exact) mass is 232 g/mol. The van der Waals surface area contributed by atoms with Crippen molar-refractivity contribution in [2.24, 2.45) is 7.05 Å². The van der Waals surface area contributed by atoms with Crippen LogP contribution in [0.3, 0.4) is 0 Å². The van der Waals surface area contributed by atoms with Crippen LogP contribution in [0.15, 0.2) is 24.7 Å². The predicted octanol–water partition coefficient (Wildman–Crippen LogP) is 0.922. The second-order valence-corrected chi connectivity index (χ2v) is 3.75. The van der Waals surface area contributed by atoms with Gasteiger partial charge < -0.3 is 9.47 Å². The highest BCUT2D eigenvalue weighted by molar-refractivity contribution is 5.53. The molecule has 17 heavy (non-hydrogen) atoms. The van der Waals surface area contributed by atoms with Gasteiger partial charge in [0.05, 0.1) is 18.9 Å². The van der Waals surface area contributed by atoms with Crippen molar-refractivity contribution in [2.75, 3.05) is 13.2 Å². The summed E-state index contributed by atoms with van der Waals surface area (Å²) in [5, 5.41) is 4.02. The molecule has 0 aliphatic carbocycles. The van der Waals surface area contributed by atoms with Gasteiger partial charge in [0, 0.05) is 18.8 Å². The van der Waals surface area contributed by atoms with Crippen LogP contribution in [0, 0.1) is 0 Å². The van der Waals surface area contributed by atoms with Gasteiger partial charge in [-0.25, -0.2) is 9.67 Å². The molecule has 0 saturated carbocycles. The van der Waals surface area contributed by atoms with Gasteiger partial charge in [0.25, 0.3) is 0 Å². The van der Waals surface area contributed by atoms with E-state index in [2.05, 4.69) is 15.1 Å². The minimum Gasteiger partial charge on any atom is -0.345 e. The normalized spacial score (nSPS) is 16.5.